The Kier molecular flexibility index (Phi) is 5.86. The van der Waals surface area contributed by atoms with Crippen LogP contribution in [-0.2, 0) is 6.42 Å². The first-order valence-corrected chi connectivity index (χ1v) is 7.90. The fraction of sp³-hybridized carbons (Fsp3) is 0.647. The Balaban J connectivity index is 1.71. The predicted molar refractivity (Wildman–Crippen MR) is 84.2 cm³/mol. The second kappa shape index (κ2) is 7.65. The van der Waals surface area contributed by atoms with Crippen molar-refractivity contribution < 1.29 is 5.11 Å². The van der Waals surface area contributed by atoms with E-state index in [2.05, 4.69) is 24.1 Å². The zero-order valence-corrected chi connectivity index (χ0v) is 12.8. The molecule has 2 rings (SSSR count). The summed E-state index contributed by atoms with van der Waals surface area (Å²) in [5.74, 6) is 0.341. The number of likely N-dealkylation sites (tertiary alicyclic amines) is 1. The molecule has 1 heterocycles. The molecule has 0 aliphatic carbocycles. The summed E-state index contributed by atoms with van der Waals surface area (Å²) in [4.78, 5) is 2.60. The molecule has 2 atom stereocenters. The number of hydrogen-bond donors (Lipinski definition) is 2. The zero-order valence-electron chi connectivity index (χ0n) is 12.8. The molecule has 0 bridgehead atoms. The van der Waals surface area contributed by atoms with Gasteiger partial charge in [-0.15, -0.1) is 0 Å². The van der Waals surface area contributed by atoms with Gasteiger partial charge in [0.25, 0.3) is 0 Å². The smallest absolute Gasteiger partial charge is 0.115 e. The number of benzene rings is 1. The van der Waals surface area contributed by atoms with Crippen molar-refractivity contribution in [3.05, 3.63) is 29.8 Å². The normalized spacial score (nSPS) is 19.7. The molecule has 2 unspecified atom stereocenters. The number of phenols is 1. The maximum atomic E-state index is 9.29. The Morgan fingerprint density at radius 1 is 1.10 bits per heavy atom. The highest BCUT2D eigenvalue weighted by Crippen LogP contribution is 2.13. The van der Waals surface area contributed by atoms with E-state index in [4.69, 9.17) is 0 Å². The van der Waals surface area contributed by atoms with E-state index in [0.717, 1.165) is 13.0 Å². The van der Waals surface area contributed by atoms with E-state index in [1.807, 2.05) is 12.1 Å². The van der Waals surface area contributed by atoms with E-state index >= 15 is 0 Å². The molecule has 112 valence electrons. The minimum absolute atomic E-state index is 0.341. The van der Waals surface area contributed by atoms with E-state index in [1.165, 1.54) is 37.9 Å². The van der Waals surface area contributed by atoms with Crippen LogP contribution in [0.4, 0.5) is 0 Å². The van der Waals surface area contributed by atoms with Gasteiger partial charge in [-0.1, -0.05) is 18.6 Å². The van der Waals surface area contributed by atoms with Crippen molar-refractivity contribution in [3.8, 4) is 5.75 Å². The van der Waals surface area contributed by atoms with Crippen LogP contribution in [0.15, 0.2) is 24.3 Å². The lowest BCUT2D eigenvalue weighted by Crippen LogP contribution is -2.45. The largest absolute Gasteiger partial charge is 0.508 e. The molecule has 20 heavy (non-hydrogen) atoms. The molecular formula is C17H28N2O. The molecule has 0 radical (unpaired) electrons. The van der Waals surface area contributed by atoms with Gasteiger partial charge in [0.1, 0.15) is 5.75 Å². The first kappa shape index (κ1) is 15.3. The molecule has 1 aliphatic heterocycles. The molecule has 1 fully saturated rings. The van der Waals surface area contributed by atoms with Crippen molar-refractivity contribution >= 4 is 0 Å². The van der Waals surface area contributed by atoms with E-state index in [9.17, 15) is 5.11 Å². The fourth-order valence-electron chi connectivity index (χ4n) is 2.92. The number of hydrogen-bond acceptors (Lipinski definition) is 3. The summed E-state index contributed by atoms with van der Waals surface area (Å²) in [5.41, 5.74) is 1.27. The molecule has 1 saturated heterocycles. The third-order valence-corrected chi connectivity index (χ3v) is 4.25. The number of nitrogens with one attached hydrogen (secondary N) is 1. The van der Waals surface area contributed by atoms with Gasteiger partial charge in [0.2, 0.25) is 0 Å². The van der Waals surface area contributed by atoms with Gasteiger partial charge in [-0.25, -0.2) is 0 Å². The fourth-order valence-corrected chi connectivity index (χ4v) is 2.92. The van der Waals surface area contributed by atoms with Crippen molar-refractivity contribution in [2.45, 2.75) is 51.6 Å². The monoisotopic (exact) mass is 276 g/mol. The Bertz CT molecular complexity index is 384. The molecule has 1 aliphatic rings. The van der Waals surface area contributed by atoms with Gasteiger partial charge in [0.05, 0.1) is 0 Å². The number of nitrogens with zero attached hydrogens (tertiary/aromatic N) is 1. The molecule has 3 nitrogen and oxygen atoms in total. The molecule has 1 aromatic rings. The van der Waals surface area contributed by atoms with Gasteiger partial charge in [-0.2, -0.15) is 0 Å². The molecule has 0 aromatic heterocycles. The van der Waals surface area contributed by atoms with Crippen molar-refractivity contribution in [1.29, 1.82) is 0 Å². The molecule has 1 aromatic carbocycles. The number of aromatic hydroxyl groups is 1. The topological polar surface area (TPSA) is 35.5 Å². The maximum Gasteiger partial charge on any atom is 0.115 e. The van der Waals surface area contributed by atoms with Crippen LogP contribution >= 0.6 is 0 Å². The van der Waals surface area contributed by atoms with Crippen molar-refractivity contribution in [1.82, 2.24) is 10.2 Å². The van der Waals surface area contributed by atoms with Gasteiger partial charge in [-0.05, 0) is 63.9 Å². The van der Waals surface area contributed by atoms with Gasteiger partial charge in [0, 0.05) is 18.6 Å². The molecule has 2 N–H and O–H groups in total. The summed E-state index contributed by atoms with van der Waals surface area (Å²) in [6.07, 6.45) is 5.11. The molecule has 0 spiro atoms. The van der Waals surface area contributed by atoms with Gasteiger partial charge >= 0.3 is 0 Å². The summed E-state index contributed by atoms with van der Waals surface area (Å²) in [6.45, 7) is 8.13. The summed E-state index contributed by atoms with van der Waals surface area (Å²) >= 11 is 0. The summed E-state index contributed by atoms with van der Waals surface area (Å²) < 4.78 is 0. The first-order valence-electron chi connectivity index (χ1n) is 7.90. The van der Waals surface area contributed by atoms with Gasteiger partial charge in [-0.3, -0.25) is 4.90 Å². The first-order chi connectivity index (χ1) is 9.65. The second-order valence-corrected chi connectivity index (χ2v) is 6.13. The average Bonchev–Trinajstić information content (AvgIpc) is 2.48. The predicted octanol–water partition coefficient (Wildman–Crippen LogP) is 2.79. The van der Waals surface area contributed by atoms with E-state index in [-0.39, 0.29) is 0 Å². The SMILES string of the molecule is CC(Cc1ccc(O)cc1)NCC(C)N1CCCCC1. The summed E-state index contributed by atoms with van der Waals surface area (Å²) in [5, 5.41) is 12.9. The van der Waals surface area contributed by atoms with Crippen LogP contribution in [0.2, 0.25) is 0 Å². The third-order valence-electron chi connectivity index (χ3n) is 4.25. The maximum absolute atomic E-state index is 9.29. The quantitative estimate of drug-likeness (QED) is 0.838. The van der Waals surface area contributed by atoms with Crippen molar-refractivity contribution in [2.75, 3.05) is 19.6 Å². The van der Waals surface area contributed by atoms with Crippen LogP contribution in [0.25, 0.3) is 0 Å². The van der Waals surface area contributed by atoms with Crippen molar-refractivity contribution in [3.63, 3.8) is 0 Å². The minimum atomic E-state index is 0.341. The van der Waals surface area contributed by atoms with E-state index < -0.39 is 0 Å². The Morgan fingerprint density at radius 2 is 1.75 bits per heavy atom. The van der Waals surface area contributed by atoms with Crippen LogP contribution in [0.3, 0.4) is 0 Å². The van der Waals surface area contributed by atoms with Crippen LogP contribution in [-0.4, -0.2) is 41.7 Å². The second-order valence-electron chi connectivity index (χ2n) is 6.13. The Hall–Kier alpha value is -1.06. The average molecular weight is 276 g/mol. The number of piperidine rings is 1. The van der Waals surface area contributed by atoms with Gasteiger partial charge < -0.3 is 10.4 Å². The summed E-state index contributed by atoms with van der Waals surface area (Å²) in [7, 11) is 0. The summed E-state index contributed by atoms with van der Waals surface area (Å²) in [6, 6.07) is 8.62. The van der Waals surface area contributed by atoms with Crippen molar-refractivity contribution in [2.24, 2.45) is 0 Å². The highest BCUT2D eigenvalue weighted by atomic mass is 16.3. The van der Waals surface area contributed by atoms with E-state index in [0.29, 0.717) is 17.8 Å². The minimum Gasteiger partial charge on any atom is -0.508 e. The lowest BCUT2D eigenvalue weighted by atomic mass is 10.1. The van der Waals surface area contributed by atoms with E-state index in [1.54, 1.807) is 12.1 Å². The number of phenolic OH excluding ortho intramolecular Hbond substituents is 1. The third kappa shape index (κ3) is 4.80. The lowest BCUT2D eigenvalue weighted by Gasteiger charge is -2.33. The lowest BCUT2D eigenvalue weighted by molar-refractivity contribution is 0.168. The van der Waals surface area contributed by atoms with Gasteiger partial charge in [0.15, 0.2) is 0 Å². The van der Waals surface area contributed by atoms with Crippen LogP contribution in [0.5, 0.6) is 5.75 Å². The van der Waals surface area contributed by atoms with Crippen LogP contribution in [0.1, 0.15) is 38.7 Å². The molecular weight excluding hydrogens is 248 g/mol. The van der Waals surface area contributed by atoms with Crippen LogP contribution < -0.4 is 5.32 Å². The molecule has 0 saturated carbocycles. The zero-order chi connectivity index (χ0) is 14.4. The Morgan fingerprint density at radius 3 is 2.40 bits per heavy atom. The highest BCUT2D eigenvalue weighted by molar-refractivity contribution is 5.26. The van der Waals surface area contributed by atoms with Crippen LogP contribution in [0, 0.1) is 0 Å². The number of rotatable bonds is 6. The molecule has 3 heteroatoms. The standard InChI is InChI=1S/C17H28N2O/c1-14(12-16-6-8-17(20)9-7-16)18-13-15(2)19-10-4-3-5-11-19/h6-9,14-15,18,20H,3-5,10-13H2,1-2H3. The molecule has 0 amide bonds. The Labute approximate surface area is 123 Å². The highest BCUT2D eigenvalue weighted by Gasteiger charge is 2.16.